The van der Waals surface area contributed by atoms with Gasteiger partial charge >= 0.3 is 0 Å². The molecule has 9 nitrogen and oxygen atoms in total. The molecule has 2 aromatic rings. The number of sulfonamides is 1. The van der Waals surface area contributed by atoms with Crippen molar-refractivity contribution in [3.8, 4) is 0 Å². The van der Waals surface area contributed by atoms with Crippen LogP contribution < -0.4 is 5.32 Å². The monoisotopic (exact) mass is 424 g/mol. The number of aromatic nitrogens is 4. The number of carbonyl (C=O) groups is 1. The molecular formula is C17H24N6O3S2. The second kappa shape index (κ2) is 9.01. The molecule has 3 rings (SSSR count). The Labute approximate surface area is 168 Å². The van der Waals surface area contributed by atoms with Crippen molar-refractivity contribution < 1.29 is 13.2 Å². The van der Waals surface area contributed by atoms with Gasteiger partial charge in [0, 0.05) is 25.8 Å². The molecule has 0 atom stereocenters. The number of hydrogen-bond donors (Lipinski definition) is 1. The fourth-order valence-corrected chi connectivity index (χ4v) is 5.25. The summed E-state index contributed by atoms with van der Waals surface area (Å²) in [5.41, 5.74) is 0.543. The van der Waals surface area contributed by atoms with Gasteiger partial charge < -0.3 is 5.32 Å². The number of anilines is 1. The van der Waals surface area contributed by atoms with E-state index in [9.17, 15) is 13.2 Å². The zero-order valence-corrected chi connectivity index (χ0v) is 17.5. The highest BCUT2D eigenvalue weighted by Crippen LogP contribution is 2.27. The molecule has 1 N–H and O–H groups in total. The molecule has 152 valence electrons. The number of thioether (sulfide) groups is 1. The van der Waals surface area contributed by atoms with Gasteiger partial charge in [-0.05, 0) is 47.5 Å². The number of rotatable bonds is 7. The van der Waals surface area contributed by atoms with Crippen molar-refractivity contribution in [2.75, 3.05) is 18.1 Å². The first kappa shape index (κ1) is 20.7. The Morgan fingerprint density at radius 3 is 2.54 bits per heavy atom. The summed E-state index contributed by atoms with van der Waals surface area (Å²) in [6.45, 7) is 0. The van der Waals surface area contributed by atoms with Crippen molar-refractivity contribution in [3.63, 3.8) is 0 Å². The molecule has 28 heavy (non-hydrogen) atoms. The summed E-state index contributed by atoms with van der Waals surface area (Å²) in [6.07, 6.45) is 5.12. The van der Waals surface area contributed by atoms with Crippen molar-refractivity contribution >= 4 is 33.4 Å². The van der Waals surface area contributed by atoms with Crippen LogP contribution in [0.1, 0.15) is 32.1 Å². The minimum atomic E-state index is -3.54. The Morgan fingerprint density at radius 1 is 1.25 bits per heavy atom. The first-order chi connectivity index (χ1) is 13.4. The van der Waals surface area contributed by atoms with Crippen LogP contribution in [-0.4, -0.2) is 57.7 Å². The van der Waals surface area contributed by atoms with Crippen LogP contribution in [-0.2, 0) is 21.9 Å². The van der Waals surface area contributed by atoms with E-state index in [1.165, 1.54) is 39.3 Å². The normalized spacial score (nSPS) is 15.7. The van der Waals surface area contributed by atoms with Gasteiger partial charge in [-0.1, -0.05) is 31.0 Å². The minimum absolute atomic E-state index is 0.0604. The quantitative estimate of drug-likeness (QED) is 0.676. The molecule has 0 spiro atoms. The van der Waals surface area contributed by atoms with Crippen molar-refractivity contribution in [2.45, 2.75) is 48.2 Å². The molecule has 1 fully saturated rings. The number of carbonyl (C=O) groups excluding carboxylic acids is 1. The number of nitrogens with one attached hydrogen (secondary N) is 1. The van der Waals surface area contributed by atoms with E-state index >= 15 is 0 Å². The first-order valence-electron chi connectivity index (χ1n) is 9.11. The highest BCUT2D eigenvalue weighted by Gasteiger charge is 2.28. The molecule has 0 aliphatic heterocycles. The van der Waals surface area contributed by atoms with E-state index in [2.05, 4.69) is 20.8 Å². The molecule has 1 aliphatic carbocycles. The van der Waals surface area contributed by atoms with Gasteiger partial charge in [-0.15, -0.1) is 5.10 Å². The molecule has 1 aromatic carbocycles. The highest BCUT2D eigenvalue weighted by molar-refractivity contribution is 7.99. The maximum Gasteiger partial charge on any atom is 0.243 e. The van der Waals surface area contributed by atoms with Crippen LogP contribution in [0.5, 0.6) is 0 Å². The summed E-state index contributed by atoms with van der Waals surface area (Å²) in [4.78, 5) is 12.3. The van der Waals surface area contributed by atoms with Gasteiger partial charge in [-0.25, -0.2) is 13.1 Å². The molecule has 0 saturated heterocycles. The number of benzene rings is 1. The smallest absolute Gasteiger partial charge is 0.243 e. The van der Waals surface area contributed by atoms with E-state index in [0.717, 1.165) is 25.7 Å². The van der Waals surface area contributed by atoms with E-state index < -0.39 is 10.0 Å². The third-order valence-electron chi connectivity index (χ3n) is 4.82. The lowest BCUT2D eigenvalue weighted by molar-refractivity contribution is -0.113. The molecule has 11 heteroatoms. The Hall–Kier alpha value is -1.98. The van der Waals surface area contributed by atoms with Crippen LogP contribution in [0.2, 0.25) is 0 Å². The molecule has 0 radical (unpaired) electrons. The van der Waals surface area contributed by atoms with Crippen molar-refractivity contribution in [1.82, 2.24) is 24.5 Å². The van der Waals surface area contributed by atoms with Gasteiger partial charge in [-0.3, -0.25) is 4.79 Å². The van der Waals surface area contributed by atoms with Crippen molar-refractivity contribution in [2.24, 2.45) is 7.05 Å². The van der Waals surface area contributed by atoms with Gasteiger partial charge in [0.25, 0.3) is 0 Å². The molecule has 1 aromatic heterocycles. The number of amides is 1. The maximum absolute atomic E-state index is 12.8. The Bertz CT molecular complexity index is 907. The van der Waals surface area contributed by atoms with Crippen molar-refractivity contribution in [1.29, 1.82) is 0 Å². The van der Waals surface area contributed by atoms with Gasteiger partial charge in [0.2, 0.25) is 21.1 Å². The lowest BCUT2D eigenvalue weighted by Gasteiger charge is -2.30. The van der Waals surface area contributed by atoms with Gasteiger partial charge in [0.15, 0.2) is 0 Å². The van der Waals surface area contributed by atoms with Crippen LogP contribution in [0, 0.1) is 0 Å². The minimum Gasteiger partial charge on any atom is -0.325 e. The summed E-state index contributed by atoms with van der Waals surface area (Å²) >= 11 is 1.22. The Balaban J connectivity index is 1.59. The summed E-state index contributed by atoms with van der Waals surface area (Å²) in [6, 6.07) is 6.33. The molecule has 1 heterocycles. The van der Waals surface area contributed by atoms with Crippen LogP contribution in [0.4, 0.5) is 5.69 Å². The standard InChI is InChI=1S/C17H24N6O3S2/c1-22-17(19-20-21-22)27-12-16(24)18-13-8-10-15(11-9-13)28(25,26)23(2)14-6-4-3-5-7-14/h8-11,14H,3-7,12H2,1-2H3,(H,18,24). The lowest BCUT2D eigenvalue weighted by Crippen LogP contribution is -2.38. The SMILES string of the molecule is CN(C1CCCCC1)S(=O)(=O)c1ccc(NC(=O)CSc2nnnn2C)cc1. The van der Waals surface area contributed by atoms with E-state index in [4.69, 9.17) is 0 Å². The predicted molar refractivity (Wildman–Crippen MR) is 106 cm³/mol. The number of aryl methyl sites for hydroxylation is 1. The summed E-state index contributed by atoms with van der Waals surface area (Å²) < 4.78 is 28.7. The van der Waals surface area contributed by atoms with Crippen LogP contribution in [0.15, 0.2) is 34.3 Å². The average molecular weight is 425 g/mol. The van der Waals surface area contributed by atoms with Gasteiger partial charge in [0.05, 0.1) is 10.6 Å². The fraction of sp³-hybridized carbons (Fsp3) is 0.529. The molecule has 0 bridgehead atoms. The van der Waals surface area contributed by atoms with E-state index in [1.807, 2.05) is 0 Å². The number of tetrazole rings is 1. The predicted octanol–water partition coefficient (Wildman–Crippen LogP) is 1.89. The topological polar surface area (TPSA) is 110 Å². The van der Waals surface area contributed by atoms with Gasteiger partial charge in [-0.2, -0.15) is 4.31 Å². The maximum atomic E-state index is 12.8. The second-order valence-electron chi connectivity index (χ2n) is 6.76. The van der Waals surface area contributed by atoms with Crippen LogP contribution >= 0.6 is 11.8 Å². The van der Waals surface area contributed by atoms with Crippen LogP contribution in [0.25, 0.3) is 0 Å². The third-order valence-corrected chi connectivity index (χ3v) is 7.75. The molecule has 1 saturated carbocycles. The molecule has 1 aliphatic rings. The zero-order chi connectivity index (χ0) is 20.1. The molecular weight excluding hydrogens is 400 g/mol. The second-order valence-corrected chi connectivity index (χ2v) is 9.70. The number of nitrogens with zero attached hydrogens (tertiary/aromatic N) is 5. The zero-order valence-electron chi connectivity index (χ0n) is 15.9. The summed E-state index contributed by atoms with van der Waals surface area (Å²) in [5.74, 6) is -0.0680. The first-order valence-corrected chi connectivity index (χ1v) is 11.5. The Kier molecular flexibility index (Phi) is 6.68. The lowest BCUT2D eigenvalue weighted by atomic mass is 9.96. The molecule has 1 amide bonds. The highest BCUT2D eigenvalue weighted by atomic mass is 32.2. The largest absolute Gasteiger partial charge is 0.325 e. The fourth-order valence-electron chi connectivity index (χ4n) is 3.19. The summed E-state index contributed by atoms with van der Waals surface area (Å²) in [5, 5.41) is 14.3. The van der Waals surface area contributed by atoms with Crippen molar-refractivity contribution in [3.05, 3.63) is 24.3 Å². The summed E-state index contributed by atoms with van der Waals surface area (Å²) in [7, 11) is -0.186. The van der Waals surface area contributed by atoms with Gasteiger partial charge in [0.1, 0.15) is 0 Å². The van der Waals surface area contributed by atoms with E-state index in [-0.39, 0.29) is 22.6 Å². The third kappa shape index (κ3) is 4.89. The van der Waals surface area contributed by atoms with E-state index in [0.29, 0.717) is 10.8 Å². The Morgan fingerprint density at radius 2 is 1.93 bits per heavy atom. The molecule has 0 unspecified atom stereocenters. The average Bonchev–Trinajstić information content (AvgIpc) is 3.11. The van der Waals surface area contributed by atoms with E-state index in [1.54, 1.807) is 26.2 Å². The van der Waals surface area contributed by atoms with Crippen LogP contribution in [0.3, 0.4) is 0 Å². The number of hydrogen-bond acceptors (Lipinski definition) is 7.